The molecular weight excluding hydrogens is 368 g/mol. The van der Waals surface area contributed by atoms with E-state index in [9.17, 15) is 14.4 Å². The largest absolute Gasteiger partial charge is 0.350 e. The van der Waals surface area contributed by atoms with E-state index in [2.05, 4.69) is 22.4 Å². The number of hydrogen-bond acceptors (Lipinski definition) is 4. The van der Waals surface area contributed by atoms with Crippen LogP contribution < -0.4 is 11.2 Å². The molecule has 0 atom stereocenters. The summed E-state index contributed by atoms with van der Waals surface area (Å²) in [6, 6.07) is 13.6. The number of unbranched alkanes of at least 4 members (excludes halogenated alkanes) is 2. The van der Waals surface area contributed by atoms with Gasteiger partial charge in [-0.1, -0.05) is 42.2 Å². The number of imide groups is 1. The highest BCUT2D eigenvalue weighted by Gasteiger charge is 2.34. The van der Waals surface area contributed by atoms with Crippen LogP contribution in [0.2, 0.25) is 0 Å². The maximum Gasteiger partial charge on any atom is 0.332 e. The molecule has 0 bridgehead atoms. The maximum absolute atomic E-state index is 12.3. The molecule has 0 fully saturated rings. The van der Waals surface area contributed by atoms with Crippen molar-refractivity contribution in [3.63, 3.8) is 0 Å². The van der Waals surface area contributed by atoms with E-state index in [1.165, 1.54) is 11.1 Å². The lowest BCUT2D eigenvalue weighted by Gasteiger charge is -2.12. The zero-order valence-corrected chi connectivity index (χ0v) is 15.7. The van der Waals surface area contributed by atoms with Gasteiger partial charge in [-0.05, 0) is 31.0 Å². The molecule has 2 aromatic carbocycles. The topological polar surface area (TPSA) is 105 Å². The Balaban J connectivity index is 1.50. The van der Waals surface area contributed by atoms with Crippen molar-refractivity contribution in [1.82, 2.24) is 10.3 Å². The molecule has 3 N–H and O–H groups in total. The molecule has 7 nitrogen and oxygen atoms in total. The Hall–Kier alpha value is -3.92. The predicted octanol–water partition coefficient (Wildman–Crippen LogP) is 2.51. The summed E-state index contributed by atoms with van der Waals surface area (Å²) >= 11 is 0. The number of nitrogens with two attached hydrogens (primary N) is 1. The van der Waals surface area contributed by atoms with E-state index in [1.807, 2.05) is 24.3 Å². The zero-order valence-electron chi connectivity index (χ0n) is 15.7. The Kier molecular flexibility index (Phi) is 6.38. The number of hydrazone groups is 1. The fourth-order valence-electron chi connectivity index (χ4n) is 2.97. The van der Waals surface area contributed by atoms with Crippen molar-refractivity contribution in [3.05, 3.63) is 70.8 Å². The SMILES string of the molecule is NC(=O)NN=Cc1ccccc1C#CCCCCN1C(=O)c2ccccc2C1=O. The van der Waals surface area contributed by atoms with E-state index in [0.717, 1.165) is 17.5 Å². The van der Waals surface area contributed by atoms with Crippen LogP contribution in [0.1, 0.15) is 51.1 Å². The smallest absolute Gasteiger partial charge is 0.332 e. The van der Waals surface area contributed by atoms with Gasteiger partial charge in [0.1, 0.15) is 0 Å². The number of nitrogens with zero attached hydrogens (tertiary/aromatic N) is 2. The monoisotopic (exact) mass is 388 g/mol. The highest BCUT2D eigenvalue weighted by atomic mass is 16.2. The zero-order chi connectivity index (χ0) is 20.6. The highest BCUT2D eigenvalue weighted by molar-refractivity contribution is 6.21. The van der Waals surface area contributed by atoms with Gasteiger partial charge in [-0.3, -0.25) is 14.5 Å². The number of urea groups is 1. The molecule has 1 heterocycles. The van der Waals surface area contributed by atoms with Gasteiger partial charge in [0.2, 0.25) is 0 Å². The number of carbonyl (C=O) groups is 3. The van der Waals surface area contributed by atoms with Crippen LogP contribution in [0.5, 0.6) is 0 Å². The fourth-order valence-corrected chi connectivity index (χ4v) is 2.97. The first kappa shape index (κ1) is 19.8. The molecule has 0 spiro atoms. The van der Waals surface area contributed by atoms with Gasteiger partial charge in [0.15, 0.2) is 0 Å². The normalized spacial score (nSPS) is 12.6. The molecule has 0 radical (unpaired) electrons. The van der Waals surface area contributed by atoms with E-state index in [1.54, 1.807) is 24.3 Å². The Morgan fingerprint density at radius 1 is 1.03 bits per heavy atom. The van der Waals surface area contributed by atoms with Gasteiger partial charge < -0.3 is 5.73 Å². The van der Waals surface area contributed by atoms with Crippen molar-refractivity contribution < 1.29 is 14.4 Å². The van der Waals surface area contributed by atoms with Crippen molar-refractivity contribution in [3.8, 4) is 11.8 Å². The van der Waals surface area contributed by atoms with Crippen molar-refractivity contribution in [2.45, 2.75) is 19.3 Å². The summed E-state index contributed by atoms with van der Waals surface area (Å²) in [4.78, 5) is 36.6. The van der Waals surface area contributed by atoms with E-state index in [-0.39, 0.29) is 11.8 Å². The summed E-state index contributed by atoms with van der Waals surface area (Å²) in [5.41, 5.74) is 9.61. The van der Waals surface area contributed by atoms with Crippen LogP contribution in [-0.2, 0) is 0 Å². The van der Waals surface area contributed by atoms with Gasteiger partial charge in [-0.25, -0.2) is 10.2 Å². The molecule has 2 aromatic rings. The van der Waals surface area contributed by atoms with Crippen molar-refractivity contribution >= 4 is 24.1 Å². The van der Waals surface area contributed by atoms with Crippen LogP contribution in [0.15, 0.2) is 53.6 Å². The van der Waals surface area contributed by atoms with Gasteiger partial charge in [0.05, 0.1) is 17.3 Å². The predicted molar refractivity (Wildman–Crippen MR) is 109 cm³/mol. The molecule has 0 unspecified atom stereocenters. The quantitative estimate of drug-likeness (QED) is 0.261. The van der Waals surface area contributed by atoms with Crippen molar-refractivity contribution in [1.29, 1.82) is 0 Å². The summed E-state index contributed by atoms with van der Waals surface area (Å²) in [7, 11) is 0. The lowest BCUT2D eigenvalue weighted by molar-refractivity contribution is 0.0652. The number of carbonyl (C=O) groups excluding carboxylic acids is 3. The number of rotatable bonds is 6. The average molecular weight is 388 g/mol. The lowest BCUT2D eigenvalue weighted by Crippen LogP contribution is -2.30. The molecule has 1 aliphatic rings. The Morgan fingerprint density at radius 2 is 1.69 bits per heavy atom. The Bertz CT molecular complexity index is 999. The van der Waals surface area contributed by atoms with Crippen LogP contribution in [0, 0.1) is 11.8 Å². The van der Waals surface area contributed by atoms with Gasteiger partial charge in [-0.2, -0.15) is 5.10 Å². The van der Waals surface area contributed by atoms with E-state index in [0.29, 0.717) is 30.5 Å². The molecule has 0 aromatic heterocycles. The van der Waals surface area contributed by atoms with Crippen LogP contribution in [0.3, 0.4) is 0 Å². The summed E-state index contributed by atoms with van der Waals surface area (Å²) in [6.45, 7) is 0.385. The van der Waals surface area contributed by atoms with Gasteiger partial charge >= 0.3 is 6.03 Å². The van der Waals surface area contributed by atoms with Crippen molar-refractivity contribution in [2.24, 2.45) is 10.8 Å². The molecule has 4 amide bonds. The second-order valence-corrected chi connectivity index (χ2v) is 6.39. The third-order valence-electron chi connectivity index (χ3n) is 4.37. The first-order valence-electron chi connectivity index (χ1n) is 9.19. The fraction of sp³-hybridized carbons (Fsp3) is 0.182. The summed E-state index contributed by atoms with van der Waals surface area (Å²) in [5, 5.41) is 3.75. The Labute approximate surface area is 168 Å². The second-order valence-electron chi connectivity index (χ2n) is 6.39. The van der Waals surface area contributed by atoms with E-state index < -0.39 is 6.03 Å². The molecule has 7 heteroatoms. The summed E-state index contributed by atoms with van der Waals surface area (Å²) in [6.07, 6.45) is 3.57. The first-order valence-corrected chi connectivity index (χ1v) is 9.19. The third-order valence-corrected chi connectivity index (χ3v) is 4.37. The molecule has 0 saturated heterocycles. The molecule has 1 aliphatic heterocycles. The van der Waals surface area contributed by atoms with Crippen LogP contribution >= 0.6 is 0 Å². The molecule has 0 saturated carbocycles. The van der Waals surface area contributed by atoms with Crippen molar-refractivity contribution in [2.75, 3.05) is 6.54 Å². The van der Waals surface area contributed by atoms with Gasteiger partial charge in [0, 0.05) is 24.1 Å². The number of primary amides is 1. The highest BCUT2D eigenvalue weighted by Crippen LogP contribution is 2.22. The Morgan fingerprint density at radius 3 is 2.38 bits per heavy atom. The van der Waals surface area contributed by atoms with Crippen LogP contribution in [0.4, 0.5) is 4.79 Å². The third kappa shape index (κ3) is 4.87. The molecule has 146 valence electrons. The number of hydrogen-bond donors (Lipinski definition) is 2. The molecule has 3 rings (SSSR count). The molecular formula is C22H20N4O3. The van der Waals surface area contributed by atoms with Gasteiger partial charge in [-0.15, -0.1) is 0 Å². The standard InChI is InChI=1S/C22H20N4O3/c23-22(29)25-24-15-17-11-5-4-10-16(17)9-3-1-2-8-14-26-20(27)18-12-6-7-13-19(18)21(26)28/h4-7,10-13,15H,1-2,8,14H2,(H3,23,25,29). The van der Waals surface area contributed by atoms with Gasteiger partial charge in [0.25, 0.3) is 11.8 Å². The molecule has 0 aliphatic carbocycles. The number of fused-ring (bicyclic) bond motifs is 1. The number of amides is 4. The minimum atomic E-state index is -0.733. The summed E-state index contributed by atoms with van der Waals surface area (Å²) < 4.78 is 0. The minimum absolute atomic E-state index is 0.227. The first-order chi connectivity index (χ1) is 14.1. The van der Waals surface area contributed by atoms with E-state index >= 15 is 0 Å². The number of nitrogens with one attached hydrogen (secondary N) is 1. The second kappa shape index (κ2) is 9.33. The molecule has 29 heavy (non-hydrogen) atoms. The minimum Gasteiger partial charge on any atom is -0.350 e. The van der Waals surface area contributed by atoms with E-state index in [4.69, 9.17) is 5.73 Å². The lowest BCUT2D eigenvalue weighted by atomic mass is 10.1. The maximum atomic E-state index is 12.3. The average Bonchev–Trinajstić information content (AvgIpc) is 2.96. The number of benzene rings is 2. The van der Waals surface area contributed by atoms with Crippen LogP contribution in [-0.4, -0.2) is 35.5 Å². The van der Waals surface area contributed by atoms with Crippen LogP contribution in [0.25, 0.3) is 0 Å². The summed E-state index contributed by atoms with van der Waals surface area (Å²) in [5.74, 6) is 5.72.